The first-order valence-corrected chi connectivity index (χ1v) is 9.10. The molecular weight excluding hydrogens is 378 g/mol. The van der Waals surface area contributed by atoms with Gasteiger partial charge in [-0.05, 0) is 42.3 Å². The molecule has 0 saturated heterocycles. The van der Waals surface area contributed by atoms with Gasteiger partial charge in [0, 0.05) is 31.3 Å². The first-order valence-electron chi connectivity index (χ1n) is 9.10. The number of aryl methyl sites for hydroxylation is 1. The molecule has 7 nitrogen and oxygen atoms in total. The Kier molecular flexibility index (Phi) is 4.08. The third kappa shape index (κ3) is 3.24. The van der Waals surface area contributed by atoms with Crippen LogP contribution in [0.2, 0.25) is 0 Å². The van der Waals surface area contributed by atoms with Gasteiger partial charge in [0.05, 0.1) is 6.20 Å². The third-order valence-electron chi connectivity index (χ3n) is 4.89. The quantitative estimate of drug-likeness (QED) is 0.530. The summed E-state index contributed by atoms with van der Waals surface area (Å²) >= 11 is 0. The van der Waals surface area contributed by atoms with Crippen LogP contribution in [-0.4, -0.2) is 31.3 Å². The van der Waals surface area contributed by atoms with E-state index < -0.39 is 11.6 Å². The monoisotopic (exact) mass is 394 g/mol. The van der Waals surface area contributed by atoms with Gasteiger partial charge in [-0.3, -0.25) is 4.98 Å². The lowest BCUT2D eigenvalue weighted by Crippen LogP contribution is -2.32. The zero-order chi connectivity index (χ0) is 20.0. The smallest absolute Gasteiger partial charge is 0.177 e. The predicted octanol–water partition coefficient (Wildman–Crippen LogP) is 3.46. The standard InChI is InChI=1S/C20H16F2N6O/c1-12-6-19-25-24-11-28(19)26-20(12)27-5-4-17-13(10-27)7-15(9-23-17)29-18-3-2-14(21)8-16(18)22/h2-3,6-9,11H,4-5,10H2,1H3. The van der Waals surface area contributed by atoms with Crippen molar-refractivity contribution in [1.29, 1.82) is 0 Å². The van der Waals surface area contributed by atoms with E-state index in [1.54, 1.807) is 17.0 Å². The molecule has 4 aromatic rings. The molecule has 9 heteroatoms. The van der Waals surface area contributed by atoms with Crippen LogP contribution in [0.4, 0.5) is 14.6 Å². The van der Waals surface area contributed by atoms with Crippen LogP contribution in [0.15, 0.2) is 42.9 Å². The zero-order valence-electron chi connectivity index (χ0n) is 15.5. The van der Waals surface area contributed by atoms with E-state index in [1.807, 2.05) is 19.1 Å². The SMILES string of the molecule is Cc1cc2nncn2nc1N1CCc2ncc(Oc3ccc(F)cc3F)cc2C1. The fourth-order valence-electron chi connectivity index (χ4n) is 3.49. The molecule has 1 aliphatic heterocycles. The van der Waals surface area contributed by atoms with Crippen molar-refractivity contribution in [1.82, 2.24) is 24.8 Å². The summed E-state index contributed by atoms with van der Waals surface area (Å²) < 4.78 is 34.2. The molecule has 5 rings (SSSR count). The number of rotatable bonds is 3. The molecule has 0 fully saturated rings. The second-order valence-corrected chi connectivity index (χ2v) is 6.91. The van der Waals surface area contributed by atoms with E-state index >= 15 is 0 Å². The van der Waals surface area contributed by atoms with Crippen molar-refractivity contribution < 1.29 is 13.5 Å². The topological polar surface area (TPSA) is 68.4 Å². The number of benzene rings is 1. The maximum atomic E-state index is 13.9. The number of pyridine rings is 1. The van der Waals surface area contributed by atoms with Crippen molar-refractivity contribution in [3.05, 3.63) is 71.3 Å². The van der Waals surface area contributed by atoms with Gasteiger partial charge in [0.2, 0.25) is 0 Å². The summed E-state index contributed by atoms with van der Waals surface area (Å²) in [7, 11) is 0. The number of halogens is 2. The van der Waals surface area contributed by atoms with Crippen molar-refractivity contribution >= 4 is 11.5 Å². The van der Waals surface area contributed by atoms with Crippen molar-refractivity contribution in [2.45, 2.75) is 19.9 Å². The molecule has 1 aromatic carbocycles. The minimum atomic E-state index is -0.758. The molecule has 4 heterocycles. The van der Waals surface area contributed by atoms with Gasteiger partial charge in [-0.2, -0.15) is 4.52 Å². The Balaban J connectivity index is 1.43. The highest BCUT2D eigenvalue weighted by Gasteiger charge is 2.22. The van der Waals surface area contributed by atoms with E-state index in [0.29, 0.717) is 17.9 Å². The van der Waals surface area contributed by atoms with Crippen molar-refractivity contribution in [2.24, 2.45) is 0 Å². The highest BCUT2D eigenvalue weighted by molar-refractivity contribution is 5.53. The number of hydrogen-bond acceptors (Lipinski definition) is 6. The van der Waals surface area contributed by atoms with Gasteiger partial charge >= 0.3 is 0 Å². The molecule has 0 aliphatic carbocycles. The van der Waals surface area contributed by atoms with Crippen LogP contribution in [0.5, 0.6) is 11.5 Å². The molecule has 0 bridgehead atoms. The lowest BCUT2D eigenvalue weighted by atomic mass is 10.1. The number of aromatic nitrogens is 5. The molecule has 3 aromatic heterocycles. The second-order valence-electron chi connectivity index (χ2n) is 6.91. The van der Waals surface area contributed by atoms with E-state index in [-0.39, 0.29) is 5.75 Å². The number of fused-ring (bicyclic) bond motifs is 2. The van der Waals surface area contributed by atoms with Crippen LogP contribution < -0.4 is 9.64 Å². The van der Waals surface area contributed by atoms with Crippen molar-refractivity contribution in [3.63, 3.8) is 0 Å². The average Bonchev–Trinajstić information content (AvgIpc) is 3.16. The first kappa shape index (κ1) is 17.5. The minimum Gasteiger partial charge on any atom is -0.453 e. The summed E-state index contributed by atoms with van der Waals surface area (Å²) in [4.78, 5) is 6.61. The molecule has 0 saturated carbocycles. The Hall–Kier alpha value is -3.62. The van der Waals surface area contributed by atoms with E-state index in [9.17, 15) is 8.78 Å². The van der Waals surface area contributed by atoms with Gasteiger partial charge in [-0.15, -0.1) is 15.3 Å². The van der Waals surface area contributed by atoms with Gasteiger partial charge in [-0.25, -0.2) is 8.78 Å². The molecule has 0 atom stereocenters. The van der Waals surface area contributed by atoms with Gasteiger partial charge in [0.15, 0.2) is 23.0 Å². The van der Waals surface area contributed by atoms with Crippen LogP contribution in [-0.2, 0) is 13.0 Å². The number of hydrogen-bond donors (Lipinski definition) is 0. The van der Waals surface area contributed by atoms with Gasteiger partial charge in [-0.1, -0.05) is 0 Å². The number of nitrogens with zero attached hydrogens (tertiary/aromatic N) is 6. The zero-order valence-corrected chi connectivity index (χ0v) is 15.5. The summed E-state index contributed by atoms with van der Waals surface area (Å²) in [6.07, 6.45) is 3.88. The third-order valence-corrected chi connectivity index (χ3v) is 4.89. The summed E-state index contributed by atoms with van der Waals surface area (Å²) in [5.41, 5.74) is 3.64. The Labute approximate surface area is 164 Å². The predicted molar refractivity (Wildman–Crippen MR) is 101 cm³/mol. The van der Waals surface area contributed by atoms with E-state index in [2.05, 4.69) is 25.2 Å². The van der Waals surface area contributed by atoms with Crippen molar-refractivity contribution in [2.75, 3.05) is 11.4 Å². The van der Waals surface area contributed by atoms with Crippen LogP contribution in [0.3, 0.4) is 0 Å². The highest BCUT2D eigenvalue weighted by atomic mass is 19.1. The maximum Gasteiger partial charge on any atom is 0.177 e. The van der Waals surface area contributed by atoms with E-state index in [1.165, 1.54) is 6.07 Å². The molecule has 0 N–H and O–H groups in total. The molecule has 29 heavy (non-hydrogen) atoms. The lowest BCUT2D eigenvalue weighted by molar-refractivity contribution is 0.434. The summed E-state index contributed by atoms with van der Waals surface area (Å²) in [5.74, 6) is -0.210. The summed E-state index contributed by atoms with van der Waals surface area (Å²) in [6, 6.07) is 6.99. The molecule has 1 aliphatic rings. The van der Waals surface area contributed by atoms with Gasteiger partial charge < -0.3 is 9.64 Å². The number of anilines is 1. The van der Waals surface area contributed by atoms with Crippen LogP contribution in [0.25, 0.3) is 5.65 Å². The Morgan fingerprint density at radius 1 is 1.14 bits per heavy atom. The van der Waals surface area contributed by atoms with E-state index in [4.69, 9.17) is 4.74 Å². The first-order chi connectivity index (χ1) is 14.1. The van der Waals surface area contributed by atoms with Gasteiger partial charge in [0.25, 0.3) is 0 Å². The fraction of sp³-hybridized carbons (Fsp3) is 0.200. The molecule has 0 unspecified atom stereocenters. The molecule has 0 spiro atoms. The van der Waals surface area contributed by atoms with Crippen molar-refractivity contribution in [3.8, 4) is 11.5 Å². The summed E-state index contributed by atoms with van der Waals surface area (Å²) in [6.45, 7) is 3.35. The molecular formula is C20H16F2N6O. The maximum absolute atomic E-state index is 13.9. The normalized spacial score (nSPS) is 13.6. The van der Waals surface area contributed by atoms with Gasteiger partial charge in [0.1, 0.15) is 17.9 Å². The van der Waals surface area contributed by atoms with Crippen LogP contribution in [0, 0.1) is 18.6 Å². The number of ether oxygens (including phenoxy) is 1. The molecule has 0 amide bonds. The Morgan fingerprint density at radius 2 is 2.03 bits per heavy atom. The molecule has 146 valence electrons. The van der Waals surface area contributed by atoms with Crippen LogP contribution >= 0.6 is 0 Å². The summed E-state index contributed by atoms with van der Waals surface area (Å²) in [5, 5.41) is 12.5. The van der Waals surface area contributed by atoms with Crippen LogP contribution in [0.1, 0.15) is 16.8 Å². The van der Waals surface area contributed by atoms with E-state index in [0.717, 1.165) is 47.7 Å². The minimum absolute atomic E-state index is 0.0450. The lowest BCUT2D eigenvalue weighted by Gasteiger charge is -2.30. The Morgan fingerprint density at radius 3 is 2.90 bits per heavy atom. The Bertz CT molecular complexity index is 1230. The average molecular weight is 394 g/mol. The largest absolute Gasteiger partial charge is 0.453 e. The molecule has 0 radical (unpaired) electrons. The highest BCUT2D eigenvalue weighted by Crippen LogP contribution is 2.30. The fourth-order valence-corrected chi connectivity index (χ4v) is 3.49. The second kappa shape index (κ2) is 6.77.